The molecule has 0 N–H and O–H groups in total. The van der Waals surface area contributed by atoms with E-state index in [1.807, 2.05) is 6.08 Å². The third kappa shape index (κ3) is 3.41. The molecule has 4 aliphatic carbocycles. The summed E-state index contributed by atoms with van der Waals surface area (Å²) in [7, 11) is 0. The summed E-state index contributed by atoms with van der Waals surface area (Å²) in [6, 6.07) is 0. The standard InChI is InChI=1S/C28H42O/c1-18(2)19(3)7-8-20(4)24-11-12-25-23-10-9-21-17-22(29)13-15-27(21,5)26(23)14-16-28(24,25)6/h7-8,10,17-20,24-26H,9,11-16H2,1-6H3/b8-7+/t19-,20+,24+,25-,26-,27+,28+/m1/s1. The summed E-state index contributed by atoms with van der Waals surface area (Å²) < 4.78 is 0. The number of carbonyl (C=O) groups excluding carboxylic acids is 1. The van der Waals surface area contributed by atoms with Gasteiger partial charge in [0.2, 0.25) is 0 Å². The molecule has 2 saturated carbocycles. The van der Waals surface area contributed by atoms with Crippen LogP contribution >= 0.6 is 0 Å². The van der Waals surface area contributed by atoms with Crippen LogP contribution in [0.2, 0.25) is 0 Å². The first-order valence-electron chi connectivity index (χ1n) is 12.3. The maximum Gasteiger partial charge on any atom is 0.155 e. The number of fused-ring (bicyclic) bond motifs is 5. The van der Waals surface area contributed by atoms with Crippen LogP contribution in [0.3, 0.4) is 0 Å². The van der Waals surface area contributed by atoms with Gasteiger partial charge in [0.15, 0.2) is 5.78 Å². The number of hydrogen-bond donors (Lipinski definition) is 0. The lowest BCUT2D eigenvalue weighted by Crippen LogP contribution is -2.46. The minimum atomic E-state index is 0.246. The second-order valence-electron chi connectivity index (χ2n) is 11.6. The van der Waals surface area contributed by atoms with Gasteiger partial charge in [-0.25, -0.2) is 0 Å². The van der Waals surface area contributed by atoms with E-state index in [0.717, 1.165) is 37.0 Å². The van der Waals surface area contributed by atoms with Crippen LogP contribution in [0.25, 0.3) is 0 Å². The monoisotopic (exact) mass is 394 g/mol. The van der Waals surface area contributed by atoms with Crippen molar-refractivity contribution < 1.29 is 4.79 Å². The molecular weight excluding hydrogens is 352 g/mol. The summed E-state index contributed by atoms with van der Waals surface area (Å²) >= 11 is 0. The molecule has 4 rings (SSSR count). The Kier molecular flexibility index (Phi) is 5.50. The van der Waals surface area contributed by atoms with E-state index in [9.17, 15) is 4.79 Å². The molecule has 0 aromatic heterocycles. The van der Waals surface area contributed by atoms with Gasteiger partial charge in [-0.15, -0.1) is 0 Å². The highest BCUT2D eigenvalue weighted by Gasteiger charge is 2.56. The highest BCUT2D eigenvalue weighted by Crippen LogP contribution is 2.66. The molecule has 2 fully saturated rings. The molecule has 4 aliphatic rings. The third-order valence-electron chi connectivity index (χ3n) is 9.88. The Hall–Kier alpha value is -1.11. The van der Waals surface area contributed by atoms with Gasteiger partial charge in [0.1, 0.15) is 0 Å². The molecule has 0 aromatic carbocycles. The van der Waals surface area contributed by atoms with Crippen molar-refractivity contribution in [3.05, 3.63) is 35.5 Å². The smallest absolute Gasteiger partial charge is 0.155 e. The van der Waals surface area contributed by atoms with E-state index in [4.69, 9.17) is 0 Å². The lowest BCUT2D eigenvalue weighted by atomic mass is 9.50. The fourth-order valence-electron chi connectivity index (χ4n) is 7.47. The fraction of sp³-hybridized carbons (Fsp3) is 0.750. The quantitative estimate of drug-likeness (QED) is 0.450. The number of allylic oxidation sites excluding steroid dienone is 6. The van der Waals surface area contributed by atoms with Crippen molar-refractivity contribution in [2.24, 2.45) is 46.3 Å². The Labute approximate surface area is 179 Å². The largest absolute Gasteiger partial charge is 0.295 e. The second kappa shape index (κ2) is 7.54. The van der Waals surface area contributed by atoms with Crippen molar-refractivity contribution in [2.45, 2.75) is 86.5 Å². The first-order valence-corrected chi connectivity index (χ1v) is 12.3. The summed E-state index contributed by atoms with van der Waals surface area (Å²) in [6.07, 6.45) is 17.9. The van der Waals surface area contributed by atoms with Crippen molar-refractivity contribution in [3.63, 3.8) is 0 Å². The summed E-state index contributed by atoms with van der Waals surface area (Å²) in [5.74, 6) is 4.66. The summed E-state index contributed by atoms with van der Waals surface area (Å²) in [5, 5.41) is 0. The lowest BCUT2D eigenvalue weighted by molar-refractivity contribution is -0.116. The predicted molar refractivity (Wildman–Crippen MR) is 122 cm³/mol. The van der Waals surface area contributed by atoms with E-state index < -0.39 is 0 Å². The molecule has 0 bridgehead atoms. The number of hydrogen-bond acceptors (Lipinski definition) is 1. The van der Waals surface area contributed by atoms with Gasteiger partial charge < -0.3 is 0 Å². The third-order valence-corrected chi connectivity index (χ3v) is 9.88. The lowest BCUT2D eigenvalue weighted by Gasteiger charge is -2.54. The second-order valence-corrected chi connectivity index (χ2v) is 11.6. The highest BCUT2D eigenvalue weighted by molar-refractivity contribution is 5.91. The van der Waals surface area contributed by atoms with Gasteiger partial charge in [-0.1, -0.05) is 70.9 Å². The van der Waals surface area contributed by atoms with Crippen LogP contribution in [-0.4, -0.2) is 5.78 Å². The van der Waals surface area contributed by atoms with Crippen LogP contribution < -0.4 is 0 Å². The average Bonchev–Trinajstić information content (AvgIpc) is 3.03. The maximum absolute atomic E-state index is 12.0. The molecular formula is C28H42O. The molecule has 0 heterocycles. The summed E-state index contributed by atoms with van der Waals surface area (Å²) in [6.45, 7) is 14.6. The molecule has 0 amide bonds. The molecule has 29 heavy (non-hydrogen) atoms. The van der Waals surface area contributed by atoms with E-state index >= 15 is 0 Å². The van der Waals surface area contributed by atoms with E-state index in [2.05, 4.69) is 59.8 Å². The Balaban J connectivity index is 1.57. The van der Waals surface area contributed by atoms with Crippen LogP contribution in [0, 0.1) is 46.3 Å². The topological polar surface area (TPSA) is 17.1 Å². The van der Waals surface area contributed by atoms with Crippen LogP contribution in [-0.2, 0) is 4.79 Å². The molecule has 0 saturated heterocycles. The average molecular weight is 395 g/mol. The molecule has 1 nitrogen and oxygen atoms in total. The number of rotatable bonds is 4. The molecule has 0 spiro atoms. The number of ketones is 1. The van der Waals surface area contributed by atoms with Gasteiger partial charge in [0, 0.05) is 6.42 Å². The molecule has 0 aliphatic heterocycles. The van der Waals surface area contributed by atoms with Crippen LogP contribution in [0.15, 0.2) is 35.5 Å². The van der Waals surface area contributed by atoms with Crippen molar-refractivity contribution in [3.8, 4) is 0 Å². The SMILES string of the molecule is CC(C)[C@H](C)/C=C/[C@H](C)[C@@H]1CC[C@@H]2C3=CCC4=CC(=O)CC[C@]4(C)[C@@H]3CC[C@]21C. The van der Waals surface area contributed by atoms with Crippen molar-refractivity contribution >= 4 is 5.78 Å². The van der Waals surface area contributed by atoms with E-state index in [1.54, 1.807) is 5.57 Å². The minimum Gasteiger partial charge on any atom is -0.295 e. The van der Waals surface area contributed by atoms with Gasteiger partial charge in [0.25, 0.3) is 0 Å². The first kappa shape index (κ1) is 21.1. The normalized spacial score (nSPS) is 41.5. The summed E-state index contributed by atoms with van der Waals surface area (Å²) in [4.78, 5) is 12.0. The molecule has 0 unspecified atom stereocenters. The maximum atomic E-state index is 12.0. The number of carbonyl (C=O) groups is 1. The van der Waals surface area contributed by atoms with Crippen LogP contribution in [0.5, 0.6) is 0 Å². The fourth-order valence-corrected chi connectivity index (χ4v) is 7.47. The van der Waals surface area contributed by atoms with Gasteiger partial charge in [0.05, 0.1) is 0 Å². The van der Waals surface area contributed by atoms with Crippen molar-refractivity contribution in [1.29, 1.82) is 0 Å². The zero-order valence-corrected chi connectivity index (χ0v) is 19.6. The van der Waals surface area contributed by atoms with E-state index in [1.165, 1.54) is 31.3 Å². The van der Waals surface area contributed by atoms with Gasteiger partial charge in [-0.05, 0) is 90.9 Å². The molecule has 160 valence electrons. The van der Waals surface area contributed by atoms with E-state index in [0.29, 0.717) is 29.0 Å². The molecule has 0 radical (unpaired) electrons. The predicted octanol–water partition coefficient (Wildman–Crippen LogP) is 7.54. The van der Waals surface area contributed by atoms with Gasteiger partial charge in [-0.2, -0.15) is 0 Å². The van der Waals surface area contributed by atoms with Gasteiger partial charge in [-0.3, -0.25) is 4.79 Å². The van der Waals surface area contributed by atoms with Crippen molar-refractivity contribution in [1.82, 2.24) is 0 Å². The zero-order valence-electron chi connectivity index (χ0n) is 19.6. The van der Waals surface area contributed by atoms with E-state index in [-0.39, 0.29) is 5.41 Å². The van der Waals surface area contributed by atoms with Gasteiger partial charge >= 0.3 is 0 Å². The molecule has 1 heteroatoms. The highest BCUT2D eigenvalue weighted by atomic mass is 16.1. The molecule has 0 aromatic rings. The Morgan fingerprint density at radius 1 is 1.00 bits per heavy atom. The molecule has 7 atom stereocenters. The Bertz CT molecular complexity index is 752. The zero-order chi connectivity index (χ0) is 21.0. The van der Waals surface area contributed by atoms with Crippen LogP contribution in [0.1, 0.15) is 86.5 Å². The first-order chi connectivity index (χ1) is 13.7. The van der Waals surface area contributed by atoms with Crippen LogP contribution in [0.4, 0.5) is 0 Å². The minimum absolute atomic E-state index is 0.246. The Morgan fingerprint density at radius 2 is 1.76 bits per heavy atom. The Morgan fingerprint density at radius 3 is 2.48 bits per heavy atom. The summed E-state index contributed by atoms with van der Waals surface area (Å²) in [5.41, 5.74) is 3.91. The van der Waals surface area contributed by atoms with Crippen molar-refractivity contribution in [2.75, 3.05) is 0 Å².